The van der Waals surface area contributed by atoms with Crippen LogP contribution in [0.15, 0.2) is 12.4 Å². The first-order valence-electron chi connectivity index (χ1n) is 7.33. The van der Waals surface area contributed by atoms with Crippen molar-refractivity contribution in [3.8, 4) is 0 Å². The number of hydrogen-bond acceptors (Lipinski definition) is 2. The maximum Gasteiger partial charge on any atom is 0.140 e. The maximum atomic E-state index is 12.3. The Morgan fingerprint density at radius 3 is 2.56 bits per heavy atom. The van der Waals surface area contributed by atoms with E-state index < -0.39 is 0 Å². The lowest BCUT2D eigenvalue weighted by atomic mass is 9.86. The van der Waals surface area contributed by atoms with Gasteiger partial charge in [-0.15, -0.1) is 0 Å². The Kier molecular flexibility index (Phi) is 4.97. The van der Waals surface area contributed by atoms with Crippen LogP contribution in [-0.2, 0) is 17.8 Å². The van der Waals surface area contributed by atoms with Gasteiger partial charge in [-0.2, -0.15) is 5.10 Å². The molecule has 0 unspecified atom stereocenters. The van der Waals surface area contributed by atoms with Crippen molar-refractivity contribution in [1.29, 1.82) is 0 Å². The van der Waals surface area contributed by atoms with Gasteiger partial charge >= 0.3 is 0 Å². The van der Waals surface area contributed by atoms with E-state index >= 15 is 0 Å². The average Bonchev–Trinajstić information content (AvgIpc) is 2.76. The van der Waals surface area contributed by atoms with Crippen LogP contribution in [0.4, 0.5) is 0 Å². The first kappa shape index (κ1) is 13.3. The van der Waals surface area contributed by atoms with Gasteiger partial charge in [0.1, 0.15) is 5.78 Å². The molecular formula is C15H24N2O. The monoisotopic (exact) mass is 248 g/mol. The van der Waals surface area contributed by atoms with Crippen LogP contribution in [0, 0.1) is 5.92 Å². The van der Waals surface area contributed by atoms with E-state index in [1.807, 2.05) is 17.1 Å². The zero-order valence-corrected chi connectivity index (χ0v) is 11.4. The van der Waals surface area contributed by atoms with E-state index in [4.69, 9.17) is 0 Å². The number of aromatic nitrogens is 2. The van der Waals surface area contributed by atoms with Crippen LogP contribution < -0.4 is 0 Å². The third-order valence-electron chi connectivity index (χ3n) is 3.95. The highest BCUT2D eigenvalue weighted by Gasteiger charge is 2.19. The van der Waals surface area contributed by atoms with Gasteiger partial charge in [-0.25, -0.2) is 0 Å². The quantitative estimate of drug-likeness (QED) is 0.818. The lowest BCUT2D eigenvalue weighted by Gasteiger charge is -2.18. The number of nitrogens with zero attached hydrogens (tertiary/aromatic N) is 2. The van der Waals surface area contributed by atoms with Gasteiger partial charge in [-0.05, 0) is 25.3 Å². The lowest BCUT2D eigenvalue weighted by molar-refractivity contribution is -0.122. The smallest absolute Gasteiger partial charge is 0.140 e. The minimum absolute atomic E-state index is 0.301. The van der Waals surface area contributed by atoms with E-state index in [2.05, 4.69) is 12.0 Å². The number of aryl methyl sites for hydroxylation is 1. The molecule has 1 aromatic heterocycles. The Morgan fingerprint density at radius 1 is 1.28 bits per heavy atom. The molecule has 3 heteroatoms. The predicted octanol–water partition coefficient (Wildman–Crippen LogP) is 3.38. The van der Waals surface area contributed by atoms with Crippen LogP contribution >= 0.6 is 0 Å². The molecule has 0 aromatic carbocycles. The molecule has 3 nitrogen and oxygen atoms in total. The maximum absolute atomic E-state index is 12.3. The Labute approximate surface area is 110 Å². The lowest BCUT2D eigenvalue weighted by Crippen LogP contribution is -2.18. The van der Waals surface area contributed by atoms with Gasteiger partial charge in [0, 0.05) is 25.1 Å². The fourth-order valence-electron chi connectivity index (χ4n) is 2.79. The van der Waals surface area contributed by atoms with Crippen molar-refractivity contribution in [3.63, 3.8) is 0 Å². The molecule has 1 saturated carbocycles. The normalized spacial score (nSPS) is 18.3. The molecule has 18 heavy (non-hydrogen) atoms. The van der Waals surface area contributed by atoms with Crippen molar-refractivity contribution in [2.45, 2.75) is 64.8 Å². The molecule has 1 aliphatic rings. The second-order valence-corrected chi connectivity index (χ2v) is 5.39. The van der Waals surface area contributed by atoms with Crippen LogP contribution in [0.2, 0.25) is 0 Å². The van der Waals surface area contributed by atoms with Crippen LogP contribution in [0.25, 0.3) is 0 Å². The second kappa shape index (κ2) is 6.72. The number of ketones is 1. The summed E-state index contributed by atoms with van der Waals surface area (Å²) in [6.07, 6.45) is 13.0. The minimum atomic E-state index is 0.301. The number of carbonyl (C=O) groups excluding carboxylic acids is 1. The number of hydrogen-bond donors (Lipinski definition) is 0. The largest absolute Gasteiger partial charge is 0.299 e. The van der Waals surface area contributed by atoms with Crippen LogP contribution in [0.1, 0.15) is 57.4 Å². The van der Waals surface area contributed by atoms with Gasteiger partial charge in [0.2, 0.25) is 0 Å². The fourth-order valence-corrected chi connectivity index (χ4v) is 2.79. The molecule has 0 amide bonds. The van der Waals surface area contributed by atoms with E-state index in [0.717, 1.165) is 24.9 Å². The fraction of sp³-hybridized carbons (Fsp3) is 0.733. The molecule has 0 saturated heterocycles. The standard InChI is InChI=1S/C15H24N2O/c1-2-17-12-13(11-16-17)10-15(18)14-8-6-4-3-5-7-9-14/h11-12,14H,2-10H2,1H3. The molecule has 0 spiro atoms. The highest BCUT2D eigenvalue weighted by Crippen LogP contribution is 2.24. The zero-order chi connectivity index (χ0) is 12.8. The highest BCUT2D eigenvalue weighted by molar-refractivity contribution is 5.83. The molecule has 1 aromatic rings. The molecular weight excluding hydrogens is 224 g/mol. The topological polar surface area (TPSA) is 34.9 Å². The SMILES string of the molecule is CCn1cc(CC(=O)C2CCCCCCC2)cn1. The Morgan fingerprint density at radius 2 is 1.94 bits per heavy atom. The summed E-state index contributed by atoms with van der Waals surface area (Å²) >= 11 is 0. The van der Waals surface area contributed by atoms with Crippen molar-refractivity contribution in [2.24, 2.45) is 5.92 Å². The molecule has 1 heterocycles. The van der Waals surface area contributed by atoms with Crippen LogP contribution in [-0.4, -0.2) is 15.6 Å². The summed E-state index contributed by atoms with van der Waals surface area (Å²) in [6.45, 7) is 2.94. The molecule has 100 valence electrons. The van der Waals surface area contributed by atoms with Crippen molar-refractivity contribution in [2.75, 3.05) is 0 Å². The predicted molar refractivity (Wildman–Crippen MR) is 72.4 cm³/mol. The third kappa shape index (κ3) is 3.69. The van der Waals surface area contributed by atoms with E-state index in [-0.39, 0.29) is 0 Å². The van der Waals surface area contributed by atoms with Gasteiger partial charge in [-0.3, -0.25) is 9.48 Å². The van der Waals surface area contributed by atoms with Gasteiger partial charge in [0.15, 0.2) is 0 Å². The summed E-state index contributed by atoms with van der Waals surface area (Å²) in [5, 5.41) is 4.23. The molecule has 0 radical (unpaired) electrons. The molecule has 0 bridgehead atoms. The van der Waals surface area contributed by atoms with Crippen molar-refractivity contribution < 1.29 is 4.79 Å². The van der Waals surface area contributed by atoms with Crippen LogP contribution in [0.3, 0.4) is 0 Å². The summed E-state index contributed by atoms with van der Waals surface area (Å²) in [7, 11) is 0. The van der Waals surface area contributed by atoms with E-state index in [1.54, 1.807) is 0 Å². The highest BCUT2D eigenvalue weighted by atomic mass is 16.1. The first-order chi connectivity index (χ1) is 8.79. The van der Waals surface area contributed by atoms with Gasteiger partial charge in [-0.1, -0.05) is 32.1 Å². The minimum Gasteiger partial charge on any atom is -0.299 e. The average molecular weight is 248 g/mol. The summed E-state index contributed by atoms with van der Waals surface area (Å²) in [5.41, 5.74) is 1.07. The number of Topliss-reactive ketones (excluding diaryl/α,β-unsaturated/α-hetero) is 1. The molecule has 0 atom stereocenters. The summed E-state index contributed by atoms with van der Waals surface area (Å²) in [5.74, 6) is 0.725. The zero-order valence-electron chi connectivity index (χ0n) is 11.4. The van der Waals surface area contributed by atoms with E-state index in [9.17, 15) is 4.79 Å². The van der Waals surface area contributed by atoms with Gasteiger partial charge in [0.25, 0.3) is 0 Å². The Hall–Kier alpha value is -1.12. The van der Waals surface area contributed by atoms with Crippen molar-refractivity contribution >= 4 is 5.78 Å². The molecule has 2 rings (SSSR count). The van der Waals surface area contributed by atoms with Gasteiger partial charge < -0.3 is 0 Å². The van der Waals surface area contributed by atoms with Crippen molar-refractivity contribution in [3.05, 3.63) is 18.0 Å². The summed E-state index contributed by atoms with van der Waals surface area (Å²) in [4.78, 5) is 12.3. The third-order valence-corrected chi connectivity index (χ3v) is 3.95. The molecule has 0 N–H and O–H groups in total. The van der Waals surface area contributed by atoms with Crippen LogP contribution in [0.5, 0.6) is 0 Å². The second-order valence-electron chi connectivity index (χ2n) is 5.39. The van der Waals surface area contributed by atoms with E-state index in [0.29, 0.717) is 18.1 Å². The Balaban J connectivity index is 1.89. The molecule has 1 aliphatic carbocycles. The van der Waals surface area contributed by atoms with Crippen molar-refractivity contribution in [1.82, 2.24) is 9.78 Å². The molecule has 0 aliphatic heterocycles. The summed E-state index contributed by atoms with van der Waals surface area (Å²) < 4.78 is 1.89. The summed E-state index contributed by atoms with van der Waals surface area (Å²) in [6, 6.07) is 0. The number of carbonyl (C=O) groups is 1. The first-order valence-corrected chi connectivity index (χ1v) is 7.33. The molecule has 1 fully saturated rings. The Bertz CT molecular complexity index is 376. The number of rotatable bonds is 4. The van der Waals surface area contributed by atoms with Gasteiger partial charge in [0.05, 0.1) is 6.20 Å². The van der Waals surface area contributed by atoms with E-state index in [1.165, 1.54) is 32.1 Å².